The first-order chi connectivity index (χ1) is 30.5. The largest absolute Gasteiger partial charge is 0.374 e. The lowest BCUT2D eigenvalue weighted by Crippen LogP contribution is -2.47. The summed E-state index contributed by atoms with van der Waals surface area (Å²) in [7, 11) is 1.76. The fourth-order valence-electron chi connectivity index (χ4n) is 11.0. The van der Waals surface area contributed by atoms with Crippen LogP contribution in [0, 0.1) is 11.3 Å². The van der Waals surface area contributed by atoms with E-state index in [1.807, 2.05) is 42.5 Å². The maximum Gasteiger partial charge on any atom is 0.329 e. The molecule has 1 saturated carbocycles. The second-order valence-electron chi connectivity index (χ2n) is 18.1. The van der Waals surface area contributed by atoms with Crippen LogP contribution in [0.3, 0.4) is 0 Å². The number of nitrogens with one attached hydrogen (secondary N) is 2. The van der Waals surface area contributed by atoms with Crippen LogP contribution < -0.4 is 21.2 Å². The van der Waals surface area contributed by atoms with Crippen molar-refractivity contribution in [1.82, 2.24) is 43.7 Å². The van der Waals surface area contributed by atoms with Gasteiger partial charge < -0.3 is 15.0 Å². The molecule has 1 unspecified atom stereocenters. The summed E-state index contributed by atoms with van der Waals surface area (Å²) in [6, 6.07) is 15.0. The van der Waals surface area contributed by atoms with Crippen molar-refractivity contribution in [2.75, 3.05) is 36.5 Å². The van der Waals surface area contributed by atoms with E-state index in [0.29, 0.717) is 35.7 Å². The molecule has 4 aromatic heterocycles. The Balaban J connectivity index is 0.705. The number of ether oxygens (including phenoxy) is 1. The number of rotatable bonds is 10. The van der Waals surface area contributed by atoms with Crippen LogP contribution in [0.15, 0.2) is 71.9 Å². The lowest BCUT2D eigenvalue weighted by molar-refractivity contribution is -0.135. The van der Waals surface area contributed by atoms with E-state index in [0.717, 1.165) is 92.7 Å². The van der Waals surface area contributed by atoms with Crippen molar-refractivity contribution in [1.29, 1.82) is 0 Å². The van der Waals surface area contributed by atoms with Crippen molar-refractivity contribution in [2.45, 2.75) is 82.5 Å². The molecule has 1 aliphatic carbocycles. The van der Waals surface area contributed by atoms with E-state index in [-0.39, 0.29) is 41.4 Å². The second kappa shape index (κ2) is 15.2. The highest BCUT2D eigenvalue weighted by Gasteiger charge is 2.46. The van der Waals surface area contributed by atoms with Gasteiger partial charge in [0.05, 0.1) is 53.6 Å². The molecule has 5 aliphatic rings. The van der Waals surface area contributed by atoms with E-state index in [1.54, 1.807) is 22.4 Å². The molecule has 1 spiro atoms. The molecule has 0 radical (unpaired) electrons. The number of benzene rings is 2. The zero-order valence-corrected chi connectivity index (χ0v) is 34.8. The number of carbonyl (C=O) groups is 3. The smallest absolute Gasteiger partial charge is 0.329 e. The van der Waals surface area contributed by atoms with Crippen molar-refractivity contribution in [3.8, 4) is 5.69 Å². The Morgan fingerprint density at radius 1 is 1.06 bits per heavy atom. The number of imide groups is 1. The molecule has 11 rings (SSSR count). The third kappa shape index (κ3) is 6.99. The van der Waals surface area contributed by atoms with Crippen LogP contribution in [0.5, 0.6) is 0 Å². The van der Waals surface area contributed by atoms with Crippen LogP contribution in [-0.2, 0) is 34.3 Å². The Hall–Kier alpha value is -6.27. The summed E-state index contributed by atoms with van der Waals surface area (Å²) in [4.78, 5) is 60.8. The lowest BCUT2D eigenvalue weighted by atomic mass is 9.56. The minimum Gasteiger partial charge on any atom is -0.374 e. The molecule has 4 aliphatic heterocycles. The maximum absolute atomic E-state index is 14.3. The average Bonchev–Trinajstić information content (AvgIpc) is 4.11. The number of halogens is 2. The number of amides is 3. The predicted octanol–water partition coefficient (Wildman–Crippen LogP) is 4.95. The van der Waals surface area contributed by atoms with E-state index in [4.69, 9.17) is 9.72 Å². The summed E-state index contributed by atoms with van der Waals surface area (Å²) >= 11 is 0. The number of aromatic nitrogens is 7. The van der Waals surface area contributed by atoms with Gasteiger partial charge in [0.25, 0.3) is 12.3 Å². The number of piperidine rings is 2. The molecule has 3 atom stereocenters. The summed E-state index contributed by atoms with van der Waals surface area (Å²) in [6.07, 6.45) is 8.59. The van der Waals surface area contributed by atoms with Crippen molar-refractivity contribution in [3.05, 3.63) is 100.0 Å². The van der Waals surface area contributed by atoms with Crippen LogP contribution in [0.2, 0.25) is 0 Å². The zero-order chi connectivity index (χ0) is 43.1. The first-order valence-corrected chi connectivity index (χ1v) is 21.7. The van der Waals surface area contributed by atoms with Gasteiger partial charge in [-0.1, -0.05) is 24.3 Å². The van der Waals surface area contributed by atoms with E-state index in [1.165, 1.54) is 21.6 Å². The van der Waals surface area contributed by atoms with E-state index in [2.05, 4.69) is 36.7 Å². The van der Waals surface area contributed by atoms with Gasteiger partial charge in [-0.15, -0.1) is 0 Å². The number of alkyl halides is 2. The highest BCUT2D eigenvalue weighted by molar-refractivity contribution is 6.08. The quantitative estimate of drug-likeness (QED) is 0.180. The number of likely N-dealkylation sites (tertiary alicyclic amines) is 1. The molecule has 6 aromatic rings. The molecule has 326 valence electrons. The first-order valence-electron chi connectivity index (χ1n) is 21.7. The third-order valence-electron chi connectivity index (χ3n) is 14.2. The summed E-state index contributed by atoms with van der Waals surface area (Å²) in [6.45, 7) is 4.08. The highest BCUT2D eigenvalue weighted by Crippen LogP contribution is 2.54. The van der Waals surface area contributed by atoms with E-state index >= 15 is 0 Å². The average molecular weight is 860 g/mol. The molecule has 63 heavy (non-hydrogen) atoms. The Morgan fingerprint density at radius 3 is 2.60 bits per heavy atom. The maximum atomic E-state index is 14.3. The topological polar surface area (TPSA) is 166 Å². The van der Waals surface area contributed by atoms with Gasteiger partial charge in [-0.25, -0.2) is 27.8 Å². The second-order valence-corrected chi connectivity index (χ2v) is 18.1. The lowest BCUT2D eigenvalue weighted by Gasteiger charge is -2.52. The summed E-state index contributed by atoms with van der Waals surface area (Å²) in [5, 5.41) is 13.5. The number of anilines is 2. The molecular formula is C45H47F2N11O5. The first kappa shape index (κ1) is 39.6. The van der Waals surface area contributed by atoms with Gasteiger partial charge >= 0.3 is 5.69 Å². The van der Waals surface area contributed by atoms with Gasteiger partial charge in [-0.05, 0) is 105 Å². The molecular weight excluding hydrogens is 813 g/mol. The van der Waals surface area contributed by atoms with Crippen LogP contribution in [0.25, 0.3) is 22.4 Å². The monoisotopic (exact) mass is 859 g/mol. The number of hydrogen-bond acceptors (Lipinski definition) is 10. The highest BCUT2D eigenvalue weighted by atomic mass is 19.3. The Kier molecular flexibility index (Phi) is 9.56. The van der Waals surface area contributed by atoms with Gasteiger partial charge in [0.2, 0.25) is 11.8 Å². The Morgan fingerprint density at radius 2 is 1.87 bits per heavy atom. The van der Waals surface area contributed by atoms with Crippen LogP contribution in [-0.4, -0.2) is 94.5 Å². The molecule has 16 nitrogen and oxygen atoms in total. The van der Waals surface area contributed by atoms with Gasteiger partial charge in [0, 0.05) is 32.8 Å². The van der Waals surface area contributed by atoms with Gasteiger partial charge in [-0.3, -0.25) is 33.7 Å². The van der Waals surface area contributed by atoms with E-state index in [9.17, 15) is 28.0 Å². The number of para-hydroxylation sites is 1. The van der Waals surface area contributed by atoms with Crippen LogP contribution in [0.4, 0.5) is 20.3 Å². The zero-order valence-electron chi connectivity index (χ0n) is 34.8. The fourth-order valence-corrected chi connectivity index (χ4v) is 11.0. The molecule has 2 N–H and O–H groups in total. The van der Waals surface area contributed by atoms with Crippen molar-refractivity contribution >= 4 is 45.9 Å². The number of aryl methyl sites for hydroxylation is 1. The van der Waals surface area contributed by atoms with Crippen molar-refractivity contribution in [2.24, 2.45) is 18.4 Å². The number of nitrogens with zero attached hydrogens (tertiary/aromatic N) is 9. The SMILES string of the molecule is Cn1c(=O)n(C2CCC(=O)NC2=O)c2cccc(CC3CC4(CCN(Cc5ccc(-n6cc(NC(=O)c7cnn8ccc(N9C[C@H]%10C[C@@H]9CO%10)nc78)c(C(F)F)n6)cc5)CC4)C3)c21. The summed E-state index contributed by atoms with van der Waals surface area (Å²) in [5.41, 5.74) is 4.34. The number of carbonyl (C=O) groups excluding carboxylic acids is 3. The van der Waals surface area contributed by atoms with Crippen LogP contribution >= 0.6 is 0 Å². The third-order valence-corrected chi connectivity index (χ3v) is 14.2. The minimum atomic E-state index is -2.92. The molecule has 2 aromatic carbocycles. The Labute approximate surface area is 359 Å². The number of fused-ring (bicyclic) bond motifs is 4. The van der Waals surface area contributed by atoms with Crippen molar-refractivity contribution < 1.29 is 27.9 Å². The molecule has 4 saturated heterocycles. The standard InChI is InChI=1S/C45H47F2N11O5/c1-53-39-28(3-2-4-34(39)58(44(53)62)35-9-10-37(59)51-43(35)61)17-27-19-45(20-27)12-15-54(16-13-45)22-26-5-7-29(8-6-26)57-24-33(38(52-57)40(46)47)49-42(60)32-21-48-56-14-11-36(50-41(32)56)55-23-31-18-30(55)25-63-31/h2-8,11,14,21,24,27,30-31,35,40H,9-10,12-13,15-20,22-23,25H2,1H3,(H,49,60)(H,51,59,61)/t30-,31-,35?/m1/s1. The number of morpholine rings is 1. The van der Waals surface area contributed by atoms with Gasteiger partial charge in [0.15, 0.2) is 11.3 Å². The summed E-state index contributed by atoms with van der Waals surface area (Å²) in [5.74, 6) is -0.119. The van der Waals surface area contributed by atoms with Gasteiger partial charge in [-0.2, -0.15) is 10.2 Å². The van der Waals surface area contributed by atoms with Crippen molar-refractivity contribution in [3.63, 3.8) is 0 Å². The fraction of sp³-hybridized carbons (Fsp3) is 0.444. The van der Waals surface area contributed by atoms with Gasteiger partial charge in [0.1, 0.15) is 17.4 Å². The molecule has 2 bridgehead atoms. The molecule has 8 heterocycles. The molecule has 5 fully saturated rings. The Bertz CT molecular complexity index is 2850. The van der Waals surface area contributed by atoms with E-state index < -0.39 is 30.0 Å². The normalized spacial score (nSPS) is 22.5. The molecule has 18 heteroatoms. The number of hydrogen-bond donors (Lipinski definition) is 2. The molecule has 3 amide bonds. The van der Waals surface area contributed by atoms with Crippen LogP contribution in [0.1, 0.15) is 84.6 Å². The summed E-state index contributed by atoms with van der Waals surface area (Å²) < 4.78 is 40.4. The number of imidazole rings is 1. The minimum absolute atomic E-state index is 0.0874. The predicted molar refractivity (Wildman–Crippen MR) is 227 cm³/mol.